The third-order valence-electron chi connectivity index (χ3n) is 2.30. The zero-order valence-corrected chi connectivity index (χ0v) is 11.6. The van der Waals surface area contributed by atoms with E-state index < -0.39 is 0 Å². The van der Waals surface area contributed by atoms with Gasteiger partial charge in [0, 0.05) is 5.56 Å². The predicted molar refractivity (Wildman–Crippen MR) is 76.7 cm³/mol. The van der Waals surface area contributed by atoms with E-state index in [4.69, 9.17) is 27.5 Å². The SMILES string of the molecule is N=C(N)c1ccc(Oc2ccccc2Cl)c(Br)c1. The highest BCUT2D eigenvalue weighted by Gasteiger charge is 2.07. The van der Waals surface area contributed by atoms with E-state index in [1.807, 2.05) is 12.1 Å². The molecule has 3 nitrogen and oxygen atoms in total. The van der Waals surface area contributed by atoms with Crippen LogP contribution in [-0.4, -0.2) is 5.84 Å². The van der Waals surface area contributed by atoms with Crippen molar-refractivity contribution in [3.05, 3.63) is 57.5 Å². The molecule has 92 valence electrons. The third-order valence-corrected chi connectivity index (χ3v) is 3.23. The van der Waals surface area contributed by atoms with Crippen molar-refractivity contribution < 1.29 is 4.74 Å². The lowest BCUT2D eigenvalue weighted by molar-refractivity contribution is 0.480. The topological polar surface area (TPSA) is 59.1 Å². The van der Waals surface area contributed by atoms with E-state index in [1.54, 1.807) is 30.3 Å². The third kappa shape index (κ3) is 2.83. The van der Waals surface area contributed by atoms with Crippen molar-refractivity contribution in [1.82, 2.24) is 0 Å². The minimum absolute atomic E-state index is 0.0139. The predicted octanol–water partition coefficient (Wildman–Crippen LogP) is 4.18. The van der Waals surface area contributed by atoms with Gasteiger partial charge < -0.3 is 10.5 Å². The molecule has 5 heteroatoms. The molecule has 0 saturated heterocycles. The Labute approximate surface area is 118 Å². The van der Waals surface area contributed by atoms with E-state index >= 15 is 0 Å². The lowest BCUT2D eigenvalue weighted by Gasteiger charge is -2.10. The summed E-state index contributed by atoms with van der Waals surface area (Å²) >= 11 is 9.39. The monoisotopic (exact) mass is 324 g/mol. The lowest BCUT2D eigenvalue weighted by Crippen LogP contribution is -2.10. The van der Waals surface area contributed by atoms with Crippen LogP contribution in [0.1, 0.15) is 5.56 Å². The van der Waals surface area contributed by atoms with Crippen molar-refractivity contribution in [2.75, 3.05) is 0 Å². The minimum Gasteiger partial charge on any atom is -0.455 e. The number of amidine groups is 1. The Bertz CT molecular complexity index is 601. The molecule has 3 N–H and O–H groups in total. The summed E-state index contributed by atoms with van der Waals surface area (Å²) in [6.45, 7) is 0. The van der Waals surface area contributed by atoms with Gasteiger partial charge in [-0.3, -0.25) is 5.41 Å². The Balaban J connectivity index is 2.30. The molecule has 18 heavy (non-hydrogen) atoms. The van der Waals surface area contributed by atoms with Crippen LogP contribution in [0.3, 0.4) is 0 Å². The minimum atomic E-state index is 0.0139. The summed E-state index contributed by atoms with van der Waals surface area (Å²) in [6.07, 6.45) is 0. The van der Waals surface area contributed by atoms with Crippen LogP contribution in [0.5, 0.6) is 11.5 Å². The molecule has 0 unspecified atom stereocenters. The Morgan fingerprint density at radius 1 is 1.17 bits per heavy atom. The fourth-order valence-electron chi connectivity index (χ4n) is 1.40. The number of hydrogen-bond donors (Lipinski definition) is 2. The number of ether oxygens (including phenoxy) is 1. The van der Waals surface area contributed by atoms with E-state index in [-0.39, 0.29) is 5.84 Å². The highest BCUT2D eigenvalue weighted by Crippen LogP contribution is 2.33. The smallest absolute Gasteiger partial charge is 0.146 e. The first kappa shape index (κ1) is 12.9. The molecule has 2 aromatic rings. The fraction of sp³-hybridized carbons (Fsp3) is 0. The van der Waals surface area contributed by atoms with Gasteiger partial charge in [0.1, 0.15) is 17.3 Å². The second kappa shape index (κ2) is 5.42. The molecule has 0 fully saturated rings. The maximum atomic E-state index is 7.35. The van der Waals surface area contributed by atoms with E-state index in [0.29, 0.717) is 22.1 Å². The second-order valence-electron chi connectivity index (χ2n) is 3.59. The standard InChI is InChI=1S/C13H10BrClN2O/c14-9-7-8(13(16)17)5-6-11(9)18-12-4-2-1-3-10(12)15/h1-7H,(H3,16,17). The Morgan fingerprint density at radius 3 is 2.50 bits per heavy atom. The number of nitrogen functional groups attached to an aromatic ring is 1. The molecule has 0 amide bonds. The van der Waals surface area contributed by atoms with Crippen LogP contribution in [0.2, 0.25) is 5.02 Å². The van der Waals surface area contributed by atoms with E-state index in [9.17, 15) is 0 Å². The molecule has 0 atom stereocenters. The van der Waals surface area contributed by atoms with Crippen LogP contribution in [0.4, 0.5) is 0 Å². The van der Waals surface area contributed by atoms with E-state index in [0.717, 1.165) is 4.47 Å². The van der Waals surface area contributed by atoms with Crippen molar-refractivity contribution in [2.45, 2.75) is 0 Å². The summed E-state index contributed by atoms with van der Waals surface area (Å²) in [5.41, 5.74) is 6.04. The number of rotatable bonds is 3. The van der Waals surface area contributed by atoms with Crippen LogP contribution in [0.15, 0.2) is 46.9 Å². The van der Waals surface area contributed by atoms with Gasteiger partial charge in [-0.1, -0.05) is 23.7 Å². The molecule has 0 aliphatic carbocycles. The van der Waals surface area contributed by atoms with Crippen LogP contribution in [-0.2, 0) is 0 Å². The number of nitrogens with two attached hydrogens (primary N) is 1. The zero-order valence-electron chi connectivity index (χ0n) is 9.28. The molecule has 0 heterocycles. The molecule has 0 aromatic heterocycles. The van der Waals surface area contributed by atoms with Crippen LogP contribution >= 0.6 is 27.5 Å². The number of benzene rings is 2. The molecule has 0 bridgehead atoms. The quantitative estimate of drug-likeness (QED) is 0.657. The fourth-order valence-corrected chi connectivity index (χ4v) is 2.03. The van der Waals surface area contributed by atoms with Gasteiger partial charge in [-0.2, -0.15) is 0 Å². The molecule has 0 spiro atoms. The average molecular weight is 326 g/mol. The van der Waals surface area contributed by atoms with Crippen molar-refractivity contribution in [1.29, 1.82) is 5.41 Å². The Kier molecular flexibility index (Phi) is 3.89. The summed E-state index contributed by atoms with van der Waals surface area (Å²) in [6, 6.07) is 12.4. The molecule has 0 saturated carbocycles. The molecular weight excluding hydrogens is 316 g/mol. The maximum Gasteiger partial charge on any atom is 0.146 e. The molecule has 0 aliphatic heterocycles. The summed E-state index contributed by atoms with van der Waals surface area (Å²) in [7, 11) is 0. The van der Waals surface area contributed by atoms with Crippen molar-refractivity contribution in [2.24, 2.45) is 5.73 Å². The van der Waals surface area contributed by atoms with Gasteiger partial charge in [0.05, 0.1) is 9.50 Å². The summed E-state index contributed by atoms with van der Waals surface area (Å²) in [5, 5.41) is 7.89. The second-order valence-corrected chi connectivity index (χ2v) is 4.85. The van der Waals surface area contributed by atoms with Gasteiger partial charge in [0.2, 0.25) is 0 Å². The zero-order chi connectivity index (χ0) is 13.1. The molecule has 0 aliphatic rings. The number of halogens is 2. The summed E-state index contributed by atoms with van der Waals surface area (Å²) in [5.74, 6) is 1.21. The van der Waals surface area contributed by atoms with Gasteiger partial charge in [-0.05, 0) is 46.3 Å². The first-order valence-electron chi connectivity index (χ1n) is 5.14. The first-order valence-corrected chi connectivity index (χ1v) is 6.31. The number of hydrogen-bond acceptors (Lipinski definition) is 2. The average Bonchev–Trinajstić information content (AvgIpc) is 2.34. The van der Waals surface area contributed by atoms with Crippen molar-refractivity contribution in [3.8, 4) is 11.5 Å². The Hall–Kier alpha value is -1.52. The number of nitrogens with one attached hydrogen (secondary N) is 1. The van der Waals surface area contributed by atoms with Gasteiger partial charge in [-0.15, -0.1) is 0 Å². The molecular formula is C13H10BrClN2O. The first-order chi connectivity index (χ1) is 8.58. The Morgan fingerprint density at radius 2 is 1.89 bits per heavy atom. The molecule has 2 rings (SSSR count). The highest BCUT2D eigenvalue weighted by atomic mass is 79.9. The largest absolute Gasteiger partial charge is 0.455 e. The van der Waals surface area contributed by atoms with Crippen LogP contribution in [0.25, 0.3) is 0 Å². The summed E-state index contributed by atoms with van der Waals surface area (Å²) in [4.78, 5) is 0. The van der Waals surface area contributed by atoms with Gasteiger partial charge >= 0.3 is 0 Å². The van der Waals surface area contributed by atoms with E-state index in [1.165, 1.54) is 0 Å². The normalized spacial score (nSPS) is 10.1. The van der Waals surface area contributed by atoms with Crippen molar-refractivity contribution in [3.63, 3.8) is 0 Å². The van der Waals surface area contributed by atoms with Crippen LogP contribution < -0.4 is 10.5 Å². The van der Waals surface area contributed by atoms with E-state index in [2.05, 4.69) is 15.9 Å². The van der Waals surface area contributed by atoms with Gasteiger partial charge in [0.15, 0.2) is 0 Å². The molecule has 0 radical (unpaired) electrons. The molecule has 2 aromatic carbocycles. The highest BCUT2D eigenvalue weighted by molar-refractivity contribution is 9.10. The maximum absolute atomic E-state index is 7.35. The number of para-hydroxylation sites is 1. The van der Waals surface area contributed by atoms with Crippen molar-refractivity contribution >= 4 is 33.4 Å². The van der Waals surface area contributed by atoms with Gasteiger partial charge in [-0.25, -0.2) is 0 Å². The van der Waals surface area contributed by atoms with Crippen LogP contribution in [0, 0.1) is 5.41 Å². The summed E-state index contributed by atoms with van der Waals surface area (Å²) < 4.78 is 6.40. The lowest BCUT2D eigenvalue weighted by atomic mass is 10.2. The van der Waals surface area contributed by atoms with Gasteiger partial charge in [0.25, 0.3) is 0 Å².